The fourth-order valence-corrected chi connectivity index (χ4v) is 2.37. The maximum Gasteiger partial charge on any atom is 0.240 e. The van der Waals surface area contributed by atoms with Crippen LogP contribution >= 0.6 is 0 Å². The lowest BCUT2D eigenvalue weighted by Gasteiger charge is -2.23. The number of hydrogen-bond donors (Lipinski definition) is 1. The zero-order valence-electron chi connectivity index (χ0n) is 11.5. The highest BCUT2D eigenvalue weighted by Gasteiger charge is 2.17. The topological polar surface area (TPSA) is 51.5 Å². The van der Waals surface area contributed by atoms with E-state index in [0.29, 0.717) is 11.8 Å². The van der Waals surface area contributed by atoms with Gasteiger partial charge in [-0.15, -0.1) is 0 Å². The van der Waals surface area contributed by atoms with Crippen molar-refractivity contribution < 1.29 is 4.74 Å². The van der Waals surface area contributed by atoms with Crippen LogP contribution in [0.15, 0.2) is 18.5 Å². The Morgan fingerprint density at radius 2 is 2.37 bits per heavy atom. The zero-order chi connectivity index (χ0) is 13.2. The smallest absolute Gasteiger partial charge is 0.240 e. The standard InChI is InChI=1S/C14H20N4O/c1-10(2)12-8-13-14(16-6-7-18(13)17-12)19-11-4-3-5-15-9-11/h6-8,10-11,15H,3-5,9H2,1-2H3. The van der Waals surface area contributed by atoms with E-state index in [1.165, 1.54) is 0 Å². The van der Waals surface area contributed by atoms with E-state index in [-0.39, 0.29) is 6.10 Å². The molecule has 5 nitrogen and oxygen atoms in total. The predicted octanol–water partition coefficient (Wildman–Crippen LogP) is 1.98. The van der Waals surface area contributed by atoms with E-state index in [1.54, 1.807) is 6.20 Å². The minimum Gasteiger partial charge on any atom is -0.471 e. The first-order valence-electron chi connectivity index (χ1n) is 6.95. The Morgan fingerprint density at radius 3 is 3.11 bits per heavy atom. The monoisotopic (exact) mass is 260 g/mol. The third-order valence-corrected chi connectivity index (χ3v) is 3.49. The minimum absolute atomic E-state index is 0.213. The van der Waals surface area contributed by atoms with Crippen molar-refractivity contribution in [1.29, 1.82) is 0 Å². The Hall–Kier alpha value is -1.62. The molecule has 0 bridgehead atoms. The predicted molar refractivity (Wildman–Crippen MR) is 73.6 cm³/mol. The van der Waals surface area contributed by atoms with Crippen molar-refractivity contribution in [2.24, 2.45) is 0 Å². The lowest BCUT2D eigenvalue weighted by Crippen LogP contribution is -2.37. The molecule has 1 saturated heterocycles. The summed E-state index contributed by atoms with van der Waals surface area (Å²) in [6.07, 6.45) is 6.07. The zero-order valence-corrected chi connectivity index (χ0v) is 11.5. The second-order valence-electron chi connectivity index (χ2n) is 5.37. The Bertz CT molecular complexity index is 558. The van der Waals surface area contributed by atoms with Gasteiger partial charge < -0.3 is 10.1 Å². The van der Waals surface area contributed by atoms with Gasteiger partial charge in [0, 0.05) is 18.9 Å². The van der Waals surface area contributed by atoms with Gasteiger partial charge in [0.1, 0.15) is 11.6 Å². The van der Waals surface area contributed by atoms with Crippen LogP contribution in [0.1, 0.15) is 38.3 Å². The van der Waals surface area contributed by atoms with Crippen molar-refractivity contribution >= 4 is 5.52 Å². The van der Waals surface area contributed by atoms with Crippen LogP contribution in [0.2, 0.25) is 0 Å². The normalized spacial score (nSPS) is 20.1. The van der Waals surface area contributed by atoms with Crippen LogP contribution in [0.4, 0.5) is 0 Å². The van der Waals surface area contributed by atoms with Gasteiger partial charge in [0.2, 0.25) is 5.88 Å². The summed E-state index contributed by atoms with van der Waals surface area (Å²) in [4.78, 5) is 4.36. The number of piperidine rings is 1. The van der Waals surface area contributed by atoms with Gasteiger partial charge in [-0.05, 0) is 31.4 Å². The van der Waals surface area contributed by atoms with Crippen LogP contribution in [0.25, 0.3) is 5.52 Å². The molecule has 1 aliphatic heterocycles. The number of aromatic nitrogens is 3. The first-order chi connectivity index (χ1) is 9.24. The molecular weight excluding hydrogens is 240 g/mol. The summed E-state index contributed by atoms with van der Waals surface area (Å²) in [5.74, 6) is 1.10. The van der Waals surface area contributed by atoms with E-state index in [4.69, 9.17) is 4.74 Å². The molecule has 1 N–H and O–H groups in total. The Morgan fingerprint density at radius 1 is 1.47 bits per heavy atom. The molecule has 1 aliphatic rings. The van der Waals surface area contributed by atoms with Gasteiger partial charge in [-0.25, -0.2) is 9.50 Å². The summed E-state index contributed by atoms with van der Waals surface area (Å²) in [5.41, 5.74) is 2.02. The van der Waals surface area contributed by atoms with Crippen molar-refractivity contribution in [3.8, 4) is 5.88 Å². The SMILES string of the molecule is CC(C)c1cc2c(OC3CCCNC3)nccn2n1. The molecule has 3 rings (SSSR count). The van der Waals surface area contributed by atoms with Gasteiger partial charge in [-0.3, -0.25) is 0 Å². The second-order valence-corrected chi connectivity index (χ2v) is 5.37. The van der Waals surface area contributed by atoms with Crippen LogP contribution in [0.5, 0.6) is 5.88 Å². The molecule has 1 atom stereocenters. The number of nitrogens with zero attached hydrogens (tertiary/aromatic N) is 3. The quantitative estimate of drug-likeness (QED) is 0.917. The van der Waals surface area contributed by atoms with Crippen molar-refractivity contribution in [2.75, 3.05) is 13.1 Å². The number of rotatable bonds is 3. The molecule has 1 fully saturated rings. The Labute approximate surface area is 113 Å². The molecule has 0 amide bonds. The number of ether oxygens (including phenoxy) is 1. The maximum absolute atomic E-state index is 6.03. The Kier molecular flexibility index (Phi) is 3.38. The lowest BCUT2D eigenvalue weighted by molar-refractivity contribution is 0.162. The highest BCUT2D eigenvalue weighted by atomic mass is 16.5. The molecule has 1 unspecified atom stereocenters. The van der Waals surface area contributed by atoms with Crippen molar-refractivity contribution in [3.63, 3.8) is 0 Å². The first-order valence-corrected chi connectivity index (χ1v) is 6.95. The summed E-state index contributed by atoms with van der Waals surface area (Å²) < 4.78 is 7.88. The summed E-state index contributed by atoms with van der Waals surface area (Å²) in [5, 5.41) is 7.90. The molecular formula is C14H20N4O. The van der Waals surface area contributed by atoms with E-state index in [9.17, 15) is 0 Å². The number of hydrogen-bond acceptors (Lipinski definition) is 4. The average Bonchev–Trinajstić information content (AvgIpc) is 2.85. The van der Waals surface area contributed by atoms with Gasteiger partial charge in [0.25, 0.3) is 0 Å². The molecule has 0 saturated carbocycles. The highest BCUT2D eigenvalue weighted by molar-refractivity contribution is 5.56. The van der Waals surface area contributed by atoms with Crippen LogP contribution in [-0.2, 0) is 0 Å². The van der Waals surface area contributed by atoms with Gasteiger partial charge >= 0.3 is 0 Å². The van der Waals surface area contributed by atoms with E-state index < -0.39 is 0 Å². The van der Waals surface area contributed by atoms with Crippen LogP contribution < -0.4 is 10.1 Å². The molecule has 5 heteroatoms. The molecule has 19 heavy (non-hydrogen) atoms. The van der Waals surface area contributed by atoms with Crippen LogP contribution in [0, 0.1) is 0 Å². The summed E-state index contributed by atoms with van der Waals surface area (Å²) in [6, 6.07) is 2.07. The Balaban J connectivity index is 1.89. The molecule has 2 aromatic heterocycles. The molecule has 0 aromatic carbocycles. The van der Waals surface area contributed by atoms with Crippen LogP contribution in [-0.4, -0.2) is 33.8 Å². The first kappa shape index (κ1) is 12.4. The molecule has 0 radical (unpaired) electrons. The molecule has 3 heterocycles. The summed E-state index contributed by atoms with van der Waals surface area (Å²) in [6.45, 7) is 6.26. The second kappa shape index (κ2) is 5.17. The van der Waals surface area contributed by atoms with Crippen molar-refractivity contribution in [1.82, 2.24) is 19.9 Å². The van der Waals surface area contributed by atoms with Gasteiger partial charge in [-0.1, -0.05) is 13.8 Å². The maximum atomic E-state index is 6.03. The van der Waals surface area contributed by atoms with Gasteiger partial charge in [0.05, 0.1) is 5.69 Å². The van der Waals surface area contributed by atoms with E-state index in [2.05, 4.69) is 35.3 Å². The lowest BCUT2D eigenvalue weighted by atomic mass is 10.1. The average molecular weight is 260 g/mol. The van der Waals surface area contributed by atoms with Crippen molar-refractivity contribution in [3.05, 3.63) is 24.2 Å². The highest BCUT2D eigenvalue weighted by Crippen LogP contribution is 2.23. The van der Waals surface area contributed by atoms with E-state index in [1.807, 2.05) is 10.7 Å². The molecule has 0 spiro atoms. The fourth-order valence-electron chi connectivity index (χ4n) is 2.37. The van der Waals surface area contributed by atoms with E-state index >= 15 is 0 Å². The van der Waals surface area contributed by atoms with Gasteiger partial charge in [-0.2, -0.15) is 5.10 Å². The molecule has 0 aliphatic carbocycles. The third kappa shape index (κ3) is 2.56. The molecule has 102 valence electrons. The van der Waals surface area contributed by atoms with Gasteiger partial charge in [0.15, 0.2) is 0 Å². The van der Waals surface area contributed by atoms with E-state index in [0.717, 1.165) is 37.1 Å². The minimum atomic E-state index is 0.213. The van der Waals surface area contributed by atoms with Crippen molar-refractivity contribution in [2.45, 2.75) is 38.7 Å². The number of fused-ring (bicyclic) bond motifs is 1. The molecule has 2 aromatic rings. The summed E-state index contributed by atoms with van der Waals surface area (Å²) in [7, 11) is 0. The van der Waals surface area contributed by atoms with Crippen LogP contribution in [0.3, 0.4) is 0 Å². The fraction of sp³-hybridized carbons (Fsp3) is 0.571. The summed E-state index contributed by atoms with van der Waals surface area (Å²) >= 11 is 0. The number of nitrogens with one attached hydrogen (secondary N) is 1. The largest absolute Gasteiger partial charge is 0.471 e. The third-order valence-electron chi connectivity index (χ3n) is 3.49.